The van der Waals surface area contributed by atoms with Gasteiger partial charge >= 0.3 is 71.7 Å². The summed E-state index contributed by atoms with van der Waals surface area (Å²) in [7, 11) is 0. The number of rotatable bonds is 80. The second-order valence-corrected chi connectivity index (χ2v) is 30.9. The minimum atomic E-state index is -0.129. The first kappa shape index (κ1) is 127. The Morgan fingerprint density at radius 2 is 0.312 bits per heavy atom. The number of allylic oxidation sites excluding steroid dienone is 8. The fraction of sp³-hybridized carbons (Fsp3) is 0.872. The van der Waals surface area contributed by atoms with E-state index < -0.39 is 0 Å². The second-order valence-electron chi connectivity index (χ2n) is 29.3. The Morgan fingerprint density at radius 1 is 0.202 bits per heavy atom. The van der Waals surface area contributed by atoms with E-state index in [4.69, 9.17) is 69.5 Å². The molecule has 109 heavy (non-hydrogen) atoms. The summed E-state index contributed by atoms with van der Waals surface area (Å²) in [5.74, 6) is 1.43. The summed E-state index contributed by atoms with van der Waals surface area (Å²) in [6.07, 6.45) is 105. The van der Waals surface area contributed by atoms with Gasteiger partial charge in [0.25, 0.3) is 0 Å². The number of ether oxygens (including phenoxy) is 4. The Bertz CT molecular complexity index is 1530. The maximum absolute atomic E-state index is 11.3. The quantitative estimate of drug-likeness (QED) is 0.0145. The van der Waals surface area contributed by atoms with Crippen LogP contribution >= 0.6 is 13.5 Å². The zero-order chi connectivity index (χ0) is 76.5. The van der Waals surface area contributed by atoms with Gasteiger partial charge in [0.05, 0.1) is 26.4 Å². The van der Waals surface area contributed by atoms with E-state index in [0.29, 0.717) is 75.1 Å². The summed E-state index contributed by atoms with van der Waals surface area (Å²) >= 11 is 19.0. The van der Waals surface area contributed by atoms with Crippen LogP contribution < -0.4 is 0 Å². The maximum Gasteiger partial charge on any atom is 2.00 e. The van der Waals surface area contributed by atoms with Gasteiger partial charge in [0, 0.05) is 25.7 Å². The van der Waals surface area contributed by atoms with Crippen molar-refractivity contribution in [3.63, 3.8) is 0 Å². The van der Waals surface area contributed by atoms with Crippen molar-refractivity contribution in [2.45, 2.75) is 479 Å². The standard InChI is InChI=1S/4C23H44O2S.2CH4.H2S.2Sn/c4*1-2-3-4-5-6-7-8-9-10-11-12-13-14-15-16-17-18-19-20-23(24)25-21-22-26;;;;;/h4*17-18,26H,2-16,19-22H2,1H3;2*1H4;1H2;;/q;;;;;;;2*+2/p-4/b4*18-17+;;;;;. The third-order valence-corrected chi connectivity index (χ3v) is 19.7. The van der Waals surface area contributed by atoms with Gasteiger partial charge in [-0.05, 0) is 77.0 Å². The van der Waals surface area contributed by atoms with E-state index in [-0.39, 0.29) is 100 Å². The Morgan fingerprint density at radius 3 is 0.431 bits per heavy atom. The number of carbonyl (C=O) groups excluding carboxylic acids is 4. The van der Waals surface area contributed by atoms with E-state index in [1.54, 1.807) is 0 Å². The largest absolute Gasteiger partial charge is 2.00 e. The number of hydrogen-bond donors (Lipinski definition) is 0. The Hall–Kier alpha value is 0.187. The van der Waals surface area contributed by atoms with Gasteiger partial charge in [0.2, 0.25) is 0 Å². The van der Waals surface area contributed by atoms with Crippen LogP contribution in [0.3, 0.4) is 0 Å². The van der Waals surface area contributed by atoms with Crippen molar-refractivity contribution in [3.8, 4) is 0 Å². The number of esters is 4. The monoisotopic (exact) mass is 1840 g/mol. The molecule has 0 fully saturated rings. The Kier molecular flexibility index (Phi) is 145. The molecule has 0 heterocycles. The van der Waals surface area contributed by atoms with Crippen molar-refractivity contribution >= 4 is 136 Å². The van der Waals surface area contributed by atoms with Crippen molar-refractivity contribution in [2.24, 2.45) is 0 Å². The van der Waals surface area contributed by atoms with E-state index in [2.05, 4.69) is 76.3 Å². The SMILES string of the molecule is C.C.CCCCCCCCCCCCCCCC/C=C/CCC(=O)OCC[S-].CCCCCCCCCCCCCCCC/C=C/CCC(=O)OCC[S-].CCCCCCCCCCCCCCCC/C=C/CCC(=O)OCC[S-].CCCCCCCCCCCCCCCC/C=C/CCC(=O)OCC[S-].S.[Sn+2].[Sn+2]. The van der Waals surface area contributed by atoms with E-state index in [0.717, 1.165) is 51.4 Å². The molecule has 0 bridgehead atoms. The summed E-state index contributed by atoms with van der Waals surface area (Å²) in [6, 6.07) is 0. The van der Waals surface area contributed by atoms with Crippen LogP contribution in [0.25, 0.3) is 0 Å². The molecular weight excluding hydrogens is 1650 g/mol. The number of hydrogen-bond acceptors (Lipinski definition) is 12. The van der Waals surface area contributed by atoms with Crippen molar-refractivity contribution < 1.29 is 38.1 Å². The van der Waals surface area contributed by atoms with Gasteiger partial charge in [-0.1, -0.05) is 425 Å². The minimum Gasteiger partial charge on any atom is -0.789 e. The molecule has 0 aromatic heterocycles. The summed E-state index contributed by atoms with van der Waals surface area (Å²) in [6.45, 7) is 10.6. The molecule has 0 aliphatic rings. The molecule has 644 valence electrons. The molecule has 0 aliphatic heterocycles. The Balaban J connectivity index is -0.000000172. The average Bonchev–Trinajstić information content (AvgIpc) is 2.78. The van der Waals surface area contributed by atoms with Crippen molar-refractivity contribution in [3.05, 3.63) is 48.6 Å². The van der Waals surface area contributed by atoms with Crippen LogP contribution in [0.1, 0.15) is 479 Å². The second kappa shape index (κ2) is 124. The first-order valence-corrected chi connectivity index (χ1v) is 47.1. The zero-order valence-corrected chi connectivity index (χ0v) is 80.7. The average molecular weight is 1840 g/mol. The molecule has 4 radical (unpaired) electrons. The van der Waals surface area contributed by atoms with Gasteiger partial charge in [-0.2, -0.15) is 13.5 Å². The van der Waals surface area contributed by atoms with Crippen LogP contribution in [0.15, 0.2) is 48.6 Å². The topological polar surface area (TPSA) is 105 Å². The molecule has 0 spiro atoms. The van der Waals surface area contributed by atoms with Gasteiger partial charge in [-0.15, -0.1) is 23.0 Å². The molecule has 0 amide bonds. The number of unbranched alkanes of at least 4 members (excludes halogenated alkanes) is 56. The molecule has 8 nitrogen and oxygen atoms in total. The van der Waals surface area contributed by atoms with Crippen LogP contribution in [0.5, 0.6) is 0 Å². The molecule has 15 heteroatoms. The number of carbonyl (C=O) groups is 4. The van der Waals surface area contributed by atoms with Gasteiger partial charge in [0.1, 0.15) is 0 Å². The van der Waals surface area contributed by atoms with Crippen molar-refractivity contribution in [1.29, 1.82) is 0 Å². The third kappa shape index (κ3) is 132. The normalized spacial score (nSPS) is 10.8. The maximum atomic E-state index is 11.3. The predicted molar refractivity (Wildman–Crippen MR) is 501 cm³/mol. The van der Waals surface area contributed by atoms with Crippen LogP contribution in [0.2, 0.25) is 0 Å². The first-order valence-electron chi connectivity index (χ1n) is 44.8. The zero-order valence-electron chi connectivity index (χ0n) is 70.8. The minimum absolute atomic E-state index is 0. The third-order valence-electron chi connectivity index (χ3n) is 19.0. The van der Waals surface area contributed by atoms with Gasteiger partial charge in [-0.25, -0.2) is 0 Å². The van der Waals surface area contributed by atoms with Gasteiger partial charge in [-0.3, -0.25) is 19.2 Å². The molecule has 0 aromatic rings. The van der Waals surface area contributed by atoms with Crippen LogP contribution in [0, 0.1) is 0 Å². The molecule has 0 saturated heterocycles. The van der Waals surface area contributed by atoms with E-state index in [9.17, 15) is 19.2 Å². The molecule has 0 rings (SSSR count). The molecule has 0 atom stereocenters. The van der Waals surface area contributed by atoms with Crippen molar-refractivity contribution in [1.82, 2.24) is 0 Å². The fourth-order valence-corrected chi connectivity index (χ4v) is 12.8. The van der Waals surface area contributed by atoms with Gasteiger partial charge in [0.15, 0.2) is 0 Å². The smallest absolute Gasteiger partial charge is 0.789 e. The Labute approximate surface area is 744 Å². The molecule has 0 unspecified atom stereocenters. The summed E-state index contributed by atoms with van der Waals surface area (Å²) < 4.78 is 19.8. The van der Waals surface area contributed by atoms with Crippen LogP contribution in [-0.4, -0.2) is 121 Å². The van der Waals surface area contributed by atoms with Gasteiger partial charge < -0.3 is 69.5 Å². The molecule has 0 saturated carbocycles. The van der Waals surface area contributed by atoms with Crippen LogP contribution in [0.4, 0.5) is 0 Å². The van der Waals surface area contributed by atoms with E-state index in [1.807, 2.05) is 0 Å². The molecular formula is C94H182O8S5Sn2. The molecule has 0 aliphatic carbocycles. The fourth-order valence-electron chi connectivity index (χ4n) is 12.5. The van der Waals surface area contributed by atoms with E-state index in [1.165, 1.54) is 360 Å². The van der Waals surface area contributed by atoms with Crippen LogP contribution in [-0.2, 0) is 88.6 Å². The first-order chi connectivity index (χ1) is 51.2. The van der Waals surface area contributed by atoms with E-state index >= 15 is 0 Å². The summed E-state index contributed by atoms with van der Waals surface area (Å²) in [5.41, 5.74) is 0. The summed E-state index contributed by atoms with van der Waals surface area (Å²) in [4.78, 5) is 45.1. The molecule has 0 aromatic carbocycles. The summed E-state index contributed by atoms with van der Waals surface area (Å²) in [5, 5.41) is 0. The molecule has 0 N–H and O–H groups in total. The predicted octanol–water partition coefficient (Wildman–Crippen LogP) is 29.8. The van der Waals surface area contributed by atoms with Crippen molar-refractivity contribution in [2.75, 3.05) is 49.4 Å².